The lowest BCUT2D eigenvalue weighted by molar-refractivity contribution is -0.142. The van der Waals surface area contributed by atoms with Crippen LogP contribution in [-0.2, 0) is 4.79 Å². The van der Waals surface area contributed by atoms with E-state index in [4.69, 9.17) is 0 Å². The average Bonchev–Trinajstić information content (AvgIpc) is 2.37. The summed E-state index contributed by atoms with van der Waals surface area (Å²) in [7, 11) is 1.68. The van der Waals surface area contributed by atoms with Crippen LogP contribution < -0.4 is 4.90 Å². The Bertz CT molecular complexity index is 596. The van der Waals surface area contributed by atoms with Crippen molar-refractivity contribution in [3.63, 3.8) is 0 Å². The van der Waals surface area contributed by atoms with Crippen molar-refractivity contribution in [2.24, 2.45) is 0 Å². The molecule has 5 nitrogen and oxygen atoms in total. The summed E-state index contributed by atoms with van der Waals surface area (Å²) in [6.07, 6.45) is 1.70. The van der Waals surface area contributed by atoms with Crippen molar-refractivity contribution in [2.45, 2.75) is 19.4 Å². The lowest BCUT2D eigenvalue weighted by Gasteiger charge is -2.31. The van der Waals surface area contributed by atoms with E-state index in [1.54, 1.807) is 32.0 Å². The Morgan fingerprint density at radius 2 is 2.00 bits per heavy atom. The largest absolute Gasteiger partial charge is 0.480 e. The zero-order valence-corrected chi connectivity index (χ0v) is 10.6. The molecule has 2 aromatic rings. The van der Waals surface area contributed by atoms with Crippen molar-refractivity contribution < 1.29 is 9.90 Å². The van der Waals surface area contributed by atoms with Crippen LogP contribution in [0.1, 0.15) is 13.8 Å². The minimum atomic E-state index is -1.05. The molecule has 94 valence electrons. The lowest BCUT2D eigenvalue weighted by Crippen LogP contribution is -2.48. The molecule has 0 fully saturated rings. The maximum Gasteiger partial charge on any atom is 0.329 e. The van der Waals surface area contributed by atoms with E-state index in [0.29, 0.717) is 5.95 Å². The number of fused-ring (bicyclic) bond motifs is 1. The number of likely N-dealkylation sites (N-methyl/N-ethyl adjacent to an activating group) is 1. The van der Waals surface area contributed by atoms with Gasteiger partial charge < -0.3 is 10.0 Å². The van der Waals surface area contributed by atoms with E-state index in [1.807, 2.05) is 24.3 Å². The first-order valence-electron chi connectivity index (χ1n) is 5.62. The zero-order valence-electron chi connectivity index (χ0n) is 10.6. The maximum atomic E-state index is 11.2. The summed E-state index contributed by atoms with van der Waals surface area (Å²) in [6.45, 7) is 3.24. The van der Waals surface area contributed by atoms with Gasteiger partial charge in [-0.15, -0.1) is 0 Å². The van der Waals surface area contributed by atoms with E-state index in [9.17, 15) is 9.90 Å². The van der Waals surface area contributed by atoms with Gasteiger partial charge in [-0.05, 0) is 19.9 Å². The quantitative estimate of drug-likeness (QED) is 0.895. The second-order valence-electron chi connectivity index (χ2n) is 4.65. The topological polar surface area (TPSA) is 66.3 Å². The fraction of sp³-hybridized carbons (Fsp3) is 0.308. The van der Waals surface area contributed by atoms with Gasteiger partial charge in [0.15, 0.2) is 0 Å². The van der Waals surface area contributed by atoms with Crippen LogP contribution in [0.15, 0.2) is 30.5 Å². The number of hydrogen-bond donors (Lipinski definition) is 1. The van der Waals surface area contributed by atoms with Crippen LogP contribution in [0, 0.1) is 0 Å². The maximum absolute atomic E-state index is 11.2. The van der Waals surface area contributed by atoms with Gasteiger partial charge >= 0.3 is 5.97 Å². The first-order chi connectivity index (χ1) is 8.43. The average molecular weight is 245 g/mol. The number of anilines is 1. The van der Waals surface area contributed by atoms with Gasteiger partial charge in [-0.25, -0.2) is 14.8 Å². The first kappa shape index (κ1) is 12.3. The molecule has 18 heavy (non-hydrogen) atoms. The first-order valence-corrected chi connectivity index (χ1v) is 5.62. The summed E-state index contributed by atoms with van der Waals surface area (Å²) in [5.74, 6) is -0.511. The van der Waals surface area contributed by atoms with Crippen molar-refractivity contribution in [3.05, 3.63) is 30.5 Å². The molecule has 0 aliphatic carbocycles. The van der Waals surface area contributed by atoms with E-state index < -0.39 is 11.5 Å². The third-order valence-corrected chi connectivity index (χ3v) is 3.14. The van der Waals surface area contributed by atoms with Crippen LogP contribution in [0.3, 0.4) is 0 Å². The molecule has 0 atom stereocenters. The molecule has 2 rings (SSSR count). The summed E-state index contributed by atoms with van der Waals surface area (Å²) in [5.41, 5.74) is -0.252. The molecule has 1 heterocycles. The van der Waals surface area contributed by atoms with E-state index in [0.717, 1.165) is 10.9 Å². The van der Waals surface area contributed by atoms with Gasteiger partial charge in [0.25, 0.3) is 0 Å². The summed E-state index contributed by atoms with van der Waals surface area (Å²) in [5, 5.41) is 10.1. The number of rotatable bonds is 3. The highest BCUT2D eigenvalue weighted by Gasteiger charge is 2.33. The Balaban J connectivity index is 2.45. The highest BCUT2D eigenvalue weighted by atomic mass is 16.4. The predicted octanol–water partition coefficient (Wildman–Crippen LogP) is 1.93. The molecule has 0 saturated carbocycles. The molecule has 0 aliphatic heterocycles. The lowest BCUT2D eigenvalue weighted by atomic mass is 10.1. The normalized spacial score (nSPS) is 11.5. The Morgan fingerprint density at radius 1 is 1.33 bits per heavy atom. The summed E-state index contributed by atoms with van der Waals surface area (Å²) < 4.78 is 0. The van der Waals surface area contributed by atoms with Gasteiger partial charge in [0.1, 0.15) is 5.54 Å². The Kier molecular flexibility index (Phi) is 2.90. The third-order valence-electron chi connectivity index (χ3n) is 3.14. The summed E-state index contributed by atoms with van der Waals surface area (Å²) >= 11 is 0. The minimum absolute atomic E-state index is 0.404. The van der Waals surface area contributed by atoms with Gasteiger partial charge in [0.05, 0.1) is 5.52 Å². The SMILES string of the molecule is CN(c1ncc2ccccc2n1)C(C)(C)C(=O)O. The van der Waals surface area contributed by atoms with Crippen LogP contribution in [0.25, 0.3) is 10.9 Å². The van der Waals surface area contributed by atoms with E-state index in [-0.39, 0.29) is 0 Å². The molecule has 5 heteroatoms. The Labute approximate surface area is 105 Å². The number of carbonyl (C=O) groups is 1. The number of aliphatic carboxylic acids is 1. The second-order valence-corrected chi connectivity index (χ2v) is 4.65. The van der Waals surface area contributed by atoms with Crippen molar-refractivity contribution in [2.75, 3.05) is 11.9 Å². The zero-order chi connectivity index (χ0) is 13.3. The molecule has 1 aromatic heterocycles. The molecular formula is C13H15N3O2. The Hall–Kier alpha value is -2.17. The number of nitrogens with zero attached hydrogens (tertiary/aromatic N) is 3. The number of para-hydroxylation sites is 1. The summed E-state index contributed by atoms with van der Waals surface area (Å²) in [6, 6.07) is 7.60. The van der Waals surface area contributed by atoms with Crippen molar-refractivity contribution in [1.29, 1.82) is 0 Å². The molecule has 1 N–H and O–H groups in total. The second kappa shape index (κ2) is 4.25. The van der Waals surface area contributed by atoms with E-state index in [2.05, 4.69) is 9.97 Å². The molecule has 0 aliphatic rings. The number of carboxylic acids is 1. The molecule has 0 saturated heterocycles. The number of aromatic nitrogens is 2. The highest BCUT2D eigenvalue weighted by Crippen LogP contribution is 2.20. The van der Waals surface area contributed by atoms with Crippen molar-refractivity contribution >= 4 is 22.8 Å². The molecule has 0 bridgehead atoms. The van der Waals surface area contributed by atoms with Crippen LogP contribution in [0.4, 0.5) is 5.95 Å². The van der Waals surface area contributed by atoms with Gasteiger partial charge in [-0.2, -0.15) is 0 Å². The standard InChI is InChI=1S/C13H15N3O2/c1-13(2,11(17)18)16(3)12-14-8-9-6-4-5-7-10(9)15-12/h4-8H,1-3H3,(H,17,18). The third kappa shape index (κ3) is 1.99. The van der Waals surface area contributed by atoms with E-state index in [1.165, 1.54) is 0 Å². The van der Waals surface area contributed by atoms with Gasteiger partial charge in [-0.1, -0.05) is 18.2 Å². The molecule has 0 spiro atoms. The van der Waals surface area contributed by atoms with Crippen LogP contribution in [-0.4, -0.2) is 33.6 Å². The number of benzene rings is 1. The molecule has 0 amide bonds. The predicted molar refractivity (Wildman–Crippen MR) is 69.7 cm³/mol. The summed E-state index contributed by atoms with van der Waals surface area (Å²) in [4.78, 5) is 21.3. The van der Waals surface area contributed by atoms with Gasteiger partial charge in [0, 0.05) is 18.6 Å². The van der Waals surface area contributed by atoms with Crippen LogP contribution in [0.5, 0.6) is 0 Å². The van der Waals surface area contributed by atoms with Crippen LogP contribution in [0.2, 0.25) is 0 Å². The molecule has 0 unspecified atom stereocenters. The van der Waals surface area contributed by atoms with Gasteiger partial charge in [0.2, 0.25) is 5.95 Å². The van der Waals surface area contributed by atoms with E-state index >= 15 is 0 Å². The number of hydrogen-bond acceptors (Lipinski definition) is 4. The fourth-order valence-electron chi connectivity index (χ4n) is 1.52. The van der Waals surface area contributed by atoms with Crippen LogP contribution >= 0.6 is 0 Å². The van der Waals surface area contributed by atoms with Crippen molar-refractivity contribution in [1.82, 2.24) is 9.97 Å². The van der Waals surface area contributed by atoms with Gasteiger partial charge in [-0.3, -0.25) is 0 Å². The molecular weight excluding hydrogens is 230 g/mol. The minimum Gasteiger partial charge on any atom is -0.480 e. The number of carboxylic acid groups (broad SMARTS) is 1. The monoisotopic (exact) mass is 245 g/mol. The molecule has 0 radical (unpaired) electrons. The molecule has 1 aromatic carbocycles. The van der Waals surface area contributed by atoms with Crippen molar-refractivity contribution in [3.8, 4) is 0 Å². The highest BCUT2D eigenvalue weighted by molar-refractivity contribution is 5.83. The smallest absolute Gasteiger partial charge is 0.329 e. The Morgan fingerprint density at radius 3 is 2.67 bits per heavy atom. The fourth-order valence-corrected chi connectivity index (χ4v) is 1.52.